The number of nitrogens with zero attached hydrogens (tertiary/aromatic N) is 2. The summed E-state index contributed by atoms with van der Waals surface area (Å²) < 4.78 is 10.3. The van der Waals surface area contributed by atoms with Crippen molar-refractivity contribution in [3.63, 3.8) is 0 Å². The SMILES string of the molecule is CN=C(NCCNC(=O)OC(C)(C)C)NCCc1c(C)noc1C. The molecule has 1 rings (SSSR count). The third kappa shape index (κ3) is 7.34. The van der Waals surface area contributed by atoms with Crippen molar-refractivity contribution in [1.82, 2.24) is 21.1 Å². The average Bonchev–Trinajstić information content (AvgIpc) is 2.79. The van der Waals surface area contributed by atoms with Gasteiger partial charge in [-0.25, -0.2) is 4.79 Å². The normalized spacial score (nSPS) is 12.0. The Labute approximate surface area is 143 Å². The van der Waals surface area contributed by atoms with E-state index >= 15 is 0 Å². The van der Waals surface area contributed by atoms with Crippen LogP contribution in [-0.4, -0.2) is 49.5 Å². The number of alkyl carbamates (subject to hydrolysis) is 1. The van der Waals surface area contributed by atoms with Crippen LogP contribution in [0.3, 0.4) is 0 Å². The van der Waals surface area contributed by atoms with Gasteiger partial charge in [0, 0.05) is 32.2 Å². The molecule has 0 aliphatic carbocycles. The van der Waals surface area contributed by atoms with E-state index < -0.39 is 11.7 Å². The van der Waals surface area contributed by atoms with Crippen molar-refractivity contribution in [2.24, 2.45) is 4.99 Å². The number of nitrogens with one attached hydrogen (secondary N) is 3. The fourth-order valence-electron chi connectivity index (χ4n) is 2.04. The van der Waals surface area contributed by atoms with Gasteiger partial charge in [-0.3, -0.25) is 4.99 Å². The van der Waals surface area contributed by atoms with Gasteiger partial charge < -0.3 is 25.2 Å². The number of hydrogen-bond donors (Lipinski definition) is 3. The first-order chi connectivity index (χ1) is 11.2. The Morgan fingerprint density at radius 1 is 1.17 bits per heavy atom. The zero-order valence-corrected chi connectivity index (χ0v) is 15.4. The molecule has 0 unspecified atom stereocenters. The molecule has 1 aromatic heterocycles. The number of ether oxygens (including phenoxy) is 1. The van der Waals surface area contributed by atoms with E-state index in [4.69, 9.17) is 9.26 Å². The molecule has 0 fully saturated rings. The first-order valence-corrected chi connectivity index (χ1v) is 8.06. The van der Waals surface area contributed by atoms with Gasteiger partial charge in [0.1, 0.15) is 11.4 Å². The highest BCUT2D eigenvalue weighted by atomic mass is 16.6. The Bertz CT molecular complexity index is 541. The summed E-state index contributed by atoms with van der Waals surface area (Å²) in [6, 6.07) is 0. The second kappa shape index (κ2) is 9.14. The van der Waals surface area contributed by atoms with E-state index in [1.54, 1.807) is 7.05 Å². The number of aliphatic imine (C=N–C) groups is 1. The van der Waals surface area contributed by atoms with Gasteiger partial charge in [-0.2, -0.15) is 0 Å². The van der Waals surface area contributed by atoms with Crippen LogP contribution in [0.4, 0.5) is 4.79 Å². The predicted octanol–water partition coefficient (Wildman–Crippen LogP) is 1.52. The van der Waals surface area contributed by atoms with Gasteiger partial charge >= 0.3 is 6.09 Å². The van der Waals surface area contributed by atoms with Crippen LogP contribution in [0, 0.1) is 13.8 Å². The number of carbonyl (C=O) groups is 1. The molecule has 0 aliphatic heterocycles. The lowest BCUT2D eigenvalue weighted by Crippen LogP contribution is -2.43. The second-order valence-electron chi connectivity index (χ2n) is 6.41. The maximum Gasteiger partial charge on any atom is 0.407 e. The highest BCUT2D eigenvalue weighted by molar-refractivity contribution is 5.79. The quantitative estimate of drug-likeness (QED) is 0.413. The van der Waals surface area contributed by atoms with E-state index in [0.29, 0.717) is 25.6 Å². The summed E-state index contributed by atoms with van der Waals surface area (Å²) in [5.74, 6) is 1.52. The Hall–Kier alpha value is -2.25. The summed E-state index contributed by atoms with van der Waals surface area (Å²) in [5.41, 5.74) is 1.54. The van der Waals surface area contributed by atoms with E-state index in [1.165, 1.54) is 0 Å². The number of guanidine groups is 1. The topological polar surface area (TPSA) is 101 Å². The van der Waals surface area contributed by atoms with Crippen molar-refractivity contribution in [3.05, 3.63) is 17.0 Å². The summed E-state index contributed by atoms with van der Waals surface area (Å²) in [7, 11) is 1.70. The van der Waals surface area contributed by atoms with Crippen LogP contribution >= 0.6 is 0 Å². The number of rotatable bonds is 6. The smallest absolute Gasteiger partial charge is 0.407 e. The van der Waals surface area contributed by atoms with Crippen LogP contribution in [-0.2, 0) is 11.2 Å². The van der Waals surface area contributed by atoms with Crippen molar-refractivity contribution >= 4 is 12.1 Å². The lowest BCUT2D eigenvalue weighted by molar-refractivity contribution is 0.0529. The average molecular weight is 339 g/mol. The zero-order valence-electron chi connectivity index (χ0n) is 15.4. The van der Waals surface area contributed by atoms with Crippen LogP contribution in [0.2, 0.25) is 0 Å². The number of carbonyl (C=O) groups excluding carboxylic acids is 1. The molecule has 0 aliphatic rings. The van der Waals surface area contributed by atoms with Crippen LogP contribution in [0.25, 0.3) is 0 Å². The molecule has 0 radical (unpaired) electrons. The molecular formula is C16H29N5O3. The maximum absolute atomic E-state index is 11.5. The lowest BCUT2D eigenvalue weighted by atomic mass is 10.1. The predicted molar refractivity (Wildman–Crippen MR) is 93.3 cm³/mol. The Morgan fingerprint density at radius 2 is 1.79 bits per heavy atom. The van der Waals surface area contributed by atoms with E-state index in [0.717, 1.165) is 23.4 Å². The van der Waals surface area contributed by atoms with Gasteiger partial charge in [0.15, 0.2) is 5.96 Å². The minimum Gasteiger partial charge on any atom is -0.444 e. The van der Waals surface area contributed by atoms with E-state index in [9.17, 15) is 4.79 Å². The summed E-state index contributed by atoms with van der Waals surface area (Å²) in [6.07, 6.45) is 0.378. The molecule has 0 spiro atoms. The molecule has 0 aromatic carbocycles. The highest BCUT2D eigenvalue weighted by Gasteiger charge is 2.15. The first-order valence-electron chi connectivity index (χ1n) is 8.06. The van der Waals surface area contributed by atoms with Crippen molar-refractivity contribution in [2.75, 3.05) is 26.7 Å². The van der Waals surface area contributed by atoms with Crippen molar-refractivity contribution in [3.8, 4) is 0 Å². The van der Waals surface area contributed by atoms with Crippen molar-refractivity contribution in [1.29, 1.82) is 0 Å². The van der Waals surface area contributed by atoms with E-state index in [-0.39, 0.29) is 0 Å². The number of hydrogen-bond acceptors (Lipinski definition) is 5. The molecule has 0 atom stereocenters. The maximum atomic E-state index is 11.5. The Balaban J connectivity index is 2.23. The van der Waals surface area contributed by atoms with Gasteiger partial charge in [0.25, 0.3) is 0 Å². The Morgan fingerprint density at radius 3 is 2.33 bits per heavy atom. The Kier molecular flexibility index (Phi) is 7.54. The molecule has 8 heteroatoms. The van der Waals surface area contributed by atoms with Crippen LogP contribution in [0.15, 0.2) is 9.52 Å². The van der Waals surface area contributed by atoms with Crippen molar-refractivity contribution in [2.45, 2.75) is 46.6 Å². The molecule has 8 nitrogen and oxygen atoms in total. The van der Waals surface area contributed by atoms with Crippen LogP contribution in [0.1, 0.15) is 37.8 Å². The molecular weight excluding hydrogens is 310 g/mol. The van der Waals surface area contributed by atoms with Gasteiger partial charge in [-0.15, -0.1) is 0 Å². The van der Waals surface area contributed by atoms with Crippen LogP contribution in [0.5, 0.6) is 0 Å². The van der Waals surface area contributed by atoms with E-state index in [1.807, 2.05) is 34.6 Å². The molecule has 1 heterocycles. The standard InChI is InChI=1S/C16H29N5O3/c1-11-13(12(2)24-21-11)7-8-18-14(17-6)19-9-10-20-15(22)23-16(3,4)5/h7-10H2,1-6H3,(H,20,22)(H2,17,18,19). The monoisotopic (exact) mass is 339 g/mol. The fourth-order valence-corrected chi connectivity index (χ4v) is 2.04. The van der Waals surface area contributed by atoms with Gasteiger partial charge in [-0.1, -0.05) is 5.16 Å². The van der Waals surface area contributed by atoms with Crippen molar-refractivity contribution < 1.29 is 14.1 Å². The molecule has 24 heavy (non-hydrogen) atoms. The zero-order chi connectivity index (χ0) is 18.2. The second-order valence-corrected chi connectivity index (χ2v) is 6.41. The molecule has 3 N–H and O–H groups in total. The van der Waals surface area contributed by atoms with Gasteiger partial charge in [0.2, 0.25) is 0 Å². The lowest BCUT2D eigenvalue weighted by Gasteiger charge is -2.19. The molecule has 1 amide bonds. The summed E-state index contributed by atoms with van der Waals surface area (Å²) >= 11 is 0. The number of amides is 1. The molecule has 1 aromatic rings. The third-order valence-electron chi connectivity index (χ3n) is 3.16. The largest absolute Gasteiger partial charge is 0.444 e. The van der Waals surface area contributed by atoms with Gasteiger partial charge in [0.05, 0.1) is 5.69 Å². The highest BCUT2D eigenvalue weighted by Crippen LogP contribution is 2.11. The van der Waals surface area contributed by atoms with E-state index in [2.05, 4.69) is 26.1 Å². The summed E-state index contributed by atoms with van der Waals surface area (Å²) in [5, 5.41) is 13.0. The number of aromatic nitrogens is 1. The third-order valence-corrected chi connectivity index (χ3v) is 3.16. The molecule has 0 saturated carbocycles. The summed E-state index contributed by atoms with van der Waals surface area (Å²) in [4.78, 5) is 15.7. The molecule has 0 bridgehead atoms. The van der Waals surface area contributed by atoms with Gasteiger partial charge in [-0.05, 0) is 41.0 Å². The number of aryl methyl sites for hydroxylation is 2. The first kappa shape index (κ1) is 19.8. The molecule has 136 valence electrons. The summed E-state index contributed by atoms with van der Waals surface area (Å²) in [6.45, 7) is 11.0. The molecule has 0 saturated heterocycles. The minimum atomic E-state index is -0.493. The minimum absolute atomic E-state index is 0.425. The van der Waals surface area contributed by atoms with Crippen LogP contribution < -0.4 is 16.0 Å². The fraction of sp³-hybridized carbons (Fsp3) is 0.688.